The number of carbonyl (C=O) groups is 1. The molecule has 1 amide bonds. The summed E-state index contributed by atoms with van der Waals surface area (Å²) in [6.45, 7) is 1.63. The van der Waals surface area contributed by atoms with Gasteiger partial charge < -0.3 is 21.1 Å². The number of halogens is 5. The van der Waals surface area contributed by atoms with Crippen molar-refractivity contribution in [3.05, 3.63) is 59.4 Å². The molecule has 0 spiro atoms. The predicted octanol–water partition coefficient (Wildman–Crippen LogP) is 3.86. The molecule has 4 N–H and O–H groups in total. The summed E-state index contributed by atoms with van der Waals surface area (Å²) in [6, 6.07) is 8.25. The van der Waals surface area contributed by atoms with Crippen LogP contribution in [0.2, 0.25) is 0 Å². The Labute approximate surface area is 187 Å². The highest BCUT2D eigenvalue weighted by atomic mass is 127. The second-order valence-corrected chi connectivity index (χ2v) is 5.94. The van der Waals surface area contributed by atoms with Gasteiger partial charge in [-0.15, -0.1) is 24.0 Å². The molecule has 2 rings (SSSR count). The molecular weight excluding hydrogens is 519 g/mol. The van der Waals surface area contributed by atoms with E-state index in [1.165, 1.54) is 24.3 Å². The number of phenols is 1. The van der Waals surface area contributed by atoms with Crippen LogP contribution in [-0.4, -0.2) is 30.1 Å². The van der Waals surface area contributed by atoms with Crippen LogP contribution in [0.3, 0.4) is 0 Å². The van der Waals surface area contributed by atoms with Crippen molar-refractivity contribution in [1.29, 1.82) is 0 Å². The minimum atomic E-state index is -4.71. The molecule has 0 aromatic heterocycles. The molecule has 0 fully saturated rings. The van der Waals surface area contributed by atoms with Gasteiger partial charge in [-0.3, -0.25) is 4.79 Å². The van der Waals surface area contributed by atoms with Crippen LogP contribution in [0.15, 0.2) is 47.5 Å². The van der Waals surface area contributed by atoms with E-state index in [1.54, 1.807) is 6.92 Å². The molecule has 0 aliphatic heterocycles. The summed E-state index contributed by atoms with van der Waals surface area (Å²) in [4.78, 5) is 16.0. The number of aromatic hydroxyl groups is 1. The van der Waals surface area contributed by atoms with Gasteiger partial charge in [-0.1, -0.05) is 6.07 Å². The molecule has 0 bridgehead atoms. The molecule has 0 saturated carbocycles. The largest absolute Gasteiger partial charge is 0.508 e. The van der Waals surface area contributed by atoms with E-state index in [0.717, 1.165) is 12.1 Å². The normalized spacial score (nSPS) is 11.4. The number of carbonyl (C=O) groups excluding carboxylic acids is 1. The minimum Gasteiger partial charge on any atom is -0.508 e. The number of rotatable bonds is 6. The number of aliphatic imine (C=N–C) groups is 1. The molecule has 6 nitrogen and oxygen atoms in total. The molecule has 0 heterocycles. The number of hydrogen-bond donors (Lipinski definition) is 4. The molecular formula is C19H21F4IN4O2. The fourth-order valence-corrected chi connectivity index (χ4v) is 2.37. The van der Waals surface area contributed by atoms with Crippen molar-refractivity contribution in [2.24, 2.45) is 4.99 Å². The number of hydrogen-bond acceptors (Lipinski definition) is 3. The Hall–Kier alpha value is -2.57. The van der Waals surface area contributed by atoms with Crippen molar-refractivity contribution >= 4 is 41.5 Å². The zero-order valence-corrected chi connectivity index (χ0v) is 18.2. The van der Waals surface area contributed by atoms with Crippen molar-refractivity contribution in [1.82, 2.24) is 10.6 Å². The smallest absolute Gasteiger partial charge is 0.416 e. The summed E-state index contributed by atoms with van der Waals surface area (Å²) in [5.74, 6) is -1.22. The van der Waals surface area contributed by atoms with Crippen molar-refractivity contribution < 1.29 is 27.5 Å². The maximum atomic E-state index is 13.2. The van der Waals surface area contributed by atoms with Gasteiger partial charge in [0.05, 0.1) is 18.7 Å². The summed E-state index contributed by atoms with van der Waals surface area (Å²) in [5.41, 5.74) is -0.815. The number of phenolic OH excluding ortho intramolecular Hbond substituents is 1. The predicted molar refractivity (Wildman–Crippen MR) is 116 cm³/mol. The Morgan fingerprint density at radius 1 is 1.10 bits per heavy atom. The van der Waals surface area contributed by atoms with E-state index in [0.29, 0.717) is 18.3 Å². The number of nitrogens with one attached hydrogen (secondary N) is 3. The van der Waals surface area contributed by atoms with Gasteiger partial charge in [0.2, 0.25) is 5.91 Å². The molecule has 0 unspecified atom stereocenters. The molecule has 0 atom stereocenters. The van der Waals surface area contributed by atoms with Gasteiger partial charge in [-0.05, 0) is 48.9 Å². The van der Waals surface area contributed by atoms with E-state index in [4.69, 9.17) is 0 Å². The zero-order chi connectivity index (χ0) is 21.4. The first-order valence-electron chi connectivity index (χ1n) is 8.65. The quantitative estimate of drug-likeness (QED) is 0.148. The number of amides is 1. The second kappa shape index (κ2) is 11.6. The highest BCUT2D eigenvalue weighted by Gasteiger charge is 2.33. The zero-order valence-electron chi connectivity index (χ0n) is 15.9. The first-order valence-corrected chi connectivity index (χ1v) is 8.65. The van der Waals surface area contributed by atoms with E-state index < -0.39 is 23.5 Å². The van der Waals surface area contributed by atoms with Crippen molar-refractivity contribution in [2.75, 3.05) is 18.4 Å². The van der Waals surface area contributed by atoms with E-state index >= 15 is 0 Å². The van der Waals surface area contributed by atoms with Crippen LogP contribution in [0.4, 0.5) is 23.2 Å². The standard InChI is InChI=1S/C19H20F4N4O2.HI/c1-2-24-18(26-11-17(29)27-14-5-7-15(28)8-6-14)25-10-12-3-4-13(20)9-16(12)19(21,22)23;/h3-9,28H,2,10-11H2,1H3,(H,27,29)(H2,24,25,26);1H. The van der Waals surface area contributed by atoms with Gasteiger partial charge >= 0.3 is 6.18 Å². The Kier molecular flexibility index (Phi) is 9.82. The lowest BCUT2D eigenvalue weighted by atomic mass is 10.1. The van der Waals surface area contributed by atoms with Crippen molar-refractivity contribution in [3.63, 3.8) is 0 Å². The van der Waals surface area contributed by atoms with Gasteiger partial charge in [-0.2, -0.15) is 13.2 Å². The van der Waals surface area contributed by atoms with Crippen molar-refractivity contribution in [3.8, 4) is 5.75 Å². The first-order chi connectivity index (χ1) is 13.7. The fourth-order valence-electron chi connectivity index (χ4n) is 2.37. The summed E-state index contributed by atoms with van der Waals surface area (Å²) in [5, 5.41) is 17.3. The average molecular weight is 540 g/mol. The lowest BCUT2D eigenvalue weighted by molar-refractivity contribution is -0.138. The Morgan fingerprint density at radius 3 is 2.37 bits per heavy atom. The number of alkyl halides is 3. The molecule has 30 heavy (non-hydrogen) atoms. The summed E-state index contributed by atoms with van der Waals surface area (Å²) in [6.07, 6.45) is -4.71. The second-order valence-electron chi connectivity index (χ2n) is 5.94. The summed E-state index contributed by atoms with van der Waals surface area (Å²) >= 11 is 0. The molecule has 0 radical (unpaired) electrons. The third-order valence-electron chi connectivity index (χ3n) is 3.70. The monoisotopic (exact) mass is 540 g/mol. The van der Waals surface area contributed by atoms with E-state index in [1.807, 2.05) is 0 Å². The Balaban J connectivity index is 0.00000450. The van der Waals surface area contributed by atoms with Crippen LogP contribution in [0.1, 0.15) is 18.1 Å². The van der Waals surface area contributed by atoms with Crippen LogP contribution in [0.5, 0.6) is 5.75 Å². The van der Waals surface area contributed by atoms with Crippen LogP contribution in [-0.2, 0) is 17.5 Å². The summed E-state index contributed by atoms with van der Waals surface area (Å²) in [7, 11) is 0. The molecule has 0 saturated heterocycles. The Bertz CT molecular complexity index is 874. The number of guanidine groups is 1. The molecule has 0 aliphatic rings. The van der Waals surface area contributed by atoms with Crippen molar-refractivity contribution in [2.45, 2.75) is 19.6 Å². The van der Waals surface area contributed by atoms with Crippen LogP contribution < -0.4 is 16.0 Å². The lowest BCUT2D eigenvalue weighted by Crippen LogP contribution is -2.41. The third kappa shape index (κ3) is 8.05. The minimum absolute atomic E-state index is 0. The van der Waals surface area contributed by atoms with Crippen LogP contribution in [0, 0.1) is 5.82 Å². The van der Waals surface area contributed by atoms with Gasteiger partial charge in [0.1, 0.15) is 11.6 Å². The van der Waals surface area contributed by atoms with Crippen LogP contribution >= 0.6 is 24.0 Å². The van der Waals surface area contributed by atoms with Crippen LogP contribution in [0.25, 0.3) is 0 Å². The average Bonchev–Trinajstić information content (AvgIpc) is 2.66. The summed E-state index contributed by atoms with van der Waals surface area (Å²) < 4.78 is 52.4. The lowest BCUT2D eigenvalue weighted by Gasteiger charge is -2.14. The van der Waals surface area contributed by atoms with E-state index in [2.05, 4.69) is 20.9 Å². The highest BCUT2D eigenvalue weighted by Crippen LogP contribution is 2.32. The Morgan fingerprint density at radius 2 is 1.77 bits per heavy atom. The highest BCUT2D eigenvalue weighted by molar-refractivity contribution is 14.0. The maximum Gasteiger partial charge on any atom is 0.416 e. The van der Waals surface area contributed by atoms with Gasteiger partial charge in [0.15, 0.2) is 5.96 Å². The first kappa shape index (κ1) is 25.5. The number of anilines is 1. The molecule has 0 aliphatic carbocycles. The number of benzene rings is 2. The molecule has 2 aromatic rings. The van der Waals surface area contributed by atoms with Gasteiger partial charge in [0, 0.05) is 12.2 Å². The third-order valence-corrected chi connectivity index (χ3v) is 3.70. The molecule has 164 valence electrons. The van der Waals surface area contributed by atoms with E-state index in [-0.39, 0.29) is 54.3 Å². The molecule has 2 aromatic carbocycles. The molecule has 11 heteroatoms. The maximum absolute atomic E-state index is 13.2. The van der Waals surface area contributed by atoms with Gasteiger partial charge in [-0.25, -0.2) is 9.38 Å². The number of nitrogens with zero attached hydrogens (tertiary/aromatic N) is 1. The SMILES string of the molecule is CCNC(=NCc1ccc(F)cc1C(F)(F)F)NCC(=O)Nc1ccc(O)cc1.I. The van der Waals surface area contributed by atoms with E-state index in [9.17, 15) is 27.5 Å². The topological polar surface area (TPSA) is 85.8 Å². The van der Waals surface area contributed by atoms with Gasteiger partial charge in [0.25, 0.3) is 0 Å². The fraction of sp³-hybridized carbons (Fsp3) is 0.263.